The third-order valence-corrected chi connectivity index (χ3v) is 2.89. The van der Waals surface area contributed by atoms with E-state index in [-0.39, 0.29) is 6.61 Å². The third kappa shape index (κ3) is 3.82. The fourth-order valence-corrected chi connectivity index (χ4v) is 1.73. The molecule has 0 saturated carbocycles. The second-order valence-electron chi connectivity index (χ2n) is 3.75. The molecular formula is C12H14BrN3O2. The van der Waals surface area contributed by atoms with Gasteiger partial charge in [0.05, 0.1) is 12.2 Å². The Bertz CT molecular complexity index is 484. The zero-order valence-electron chi connectivity index (χ0n) is 9.79. The number of aromatic nitrogens is 3. The number of rotatable bonds is 6. The quantitative estimate of drug-likeness (QED) is 0.881. The Morgan fingerprint density at radius 1 is 1.28 bits per heavy atom. The van der Waals surface area contributed by atoms with Crippen molar-refractivity contribution in [3.8, 4) is 5.75 Å². The van der Waals surface area contributed by atoms with Crippen LogP contribution in [-0.2, 0) is 13.0 Å². The maximum Gasteiger partial charge on any atom is 0.119 e. The topological polar surface area (TPSA) is 60.2 Å². The summed E-state index contributed by atoms with van der Waals surface area (Å²) in [5.74, 6) is 0.828. The minimum absolute atomic E-state index is 0.0914. The van der Waals surface area contributed by atoms with Crippen molar-refractivity contribution in [3.05, 3.63) is 40.6 Å². The van der Waals surface area contributed by atoms with E-state index in [1.165, 1.54) is 0 Å². The highest BCUT2D eigenvalue weighted by Gasteiger charge is 2.00. The molecule has 0 spiro atoms. The second-order valence-corrected chi connectivity index (χ2v) is 4.66. The minimum Gasteiger partial charge on any atom is -0.492 e. The molecule has 1 aromatic heterocycles. The van der Waals surface area contributed by atoms with Gasteiger partial charge in [0.1, 0.15) is 12.4 Å². The van der Waals surface area contributed by atoms with Gasteiger partial charge in [-0.1, -0.05) is 21.1 Å². The largest absolute Gasteiger partial charge is 0.492 e. The van der Waals surface area contributed by atoms with E-state index in [9.17, 15) is 0 Å². The SMILES string of the molecule is OCCc1cn(CCOc2ccc(Br)cc2)nn1. The summed E-state index contributed by atoms with van der Waals surface area (Å²) < 4.78 is 8.32. The average molecular weight is 312 g/mol. The van der Waals surface area contributed by atoms with Gasteiger partial charge in [0.2, 0.25) is 0 Å². The number of ether oxygens (including phenoxy) is 1. The van der Waals surface area contributed by atoms with E-state index in [0.717, 1.165) is 15.9 Å². The molecule has 2 aromatic rings. The van der Waals surface area contributed by atoms with Gasteiger partial charge >= 0.3 is 0 Å². The predicted octanol–water partition coefficient (Wildman–Crippen LogP) is 1.65. The summed E-state index contributed by atoms with van der Waals surface area (Å²) in [7, 11) is 0. The van der Waals surface area contributed by atoms with Crippen molar-refractivity contribution in [3.63, 3.8) is 0 Å². The van der Waals surface area contributed by atoms with Crippen molar-refractivity contribution >= 4 is 15.9 Å². The molecule has 0 aliphatic heterocycles. The molecule has 0 atom stereocenters. The van der Waals surface area contributed by atoms with Crippen LogP contribution in [0.2, 0.25) is 0 Å². The number of hydrogen-bond donors (Lipinski definition) is 1. The van der Waals surface area contributed by atoms with Gasteiger partial charge in [0.25, 0.3) is 0 Å². The smallest absolute Gasteiger partial charge is 0.119 e. The Hall–Kier alpha value is -1.40. The molecule has 0 amide bonds. The van der Waals surface area contributed by atoms with Crippen molar-refractivity contribution < 1.29 is 9.84 Å². The van der Waals surface area contributed by atoms with E-state index < -0.39 is 0 Å². The Balaban J connectivity index is 1.79. The first-order valence-corrected chi connectivity index (χ1v) is 6.45. The van der Waals surface area contributed by atoms with Gasteiger partial charge in [0.15, 0.2) is 0 Å². The van der Waals surface area contributed by atoms with Crippen LogP contribution in [0.25, 0.3) is 0 Å². The number of benzene rings is 1. The average Bonchev–Trinajstić information content (AvgIpc) is 2.80. The summed E-state index contributed by atoms with van der Waals surface area (Å²) in [4.78, 5) is 0. The molecule has 2 rings (SSSR count). The Labute approximate surface area is 114 Å². The summed E-state index contributed by atoms with van der Waals surface area (Å²) in [6.45, 7) is 1.26. The molecule has 1 heterocycles. The van der Waals surface area contributed by atoms with Crippen molar-refractivity contribution in [2.24, 2.45) is 0 Å². The fourth-order valence-electron chi connectivity index (χ4n) is 1.46. The second kappa shape index (κ2) is 6.51. The maximum absolute atomic E-state index is 8.77. The first-order chi connectivity index (χ1) is 8.78. The van der Waals surface area contributed by atoms with E-state index in [1.54, 1.807) is 4.68 Å². The zero-order valence-corrected chi connectivity index (χ0v) is 11.4. The van der Waals surface area contributed by atoms with Gasteiger partial charge in [0, 0.05) is 23.7 Å². The first kappa shape index (κ1) is 13.0. The molecule has 5 nitrogen and oxygen atoms in total. The summed E-state index contributed by atoms with van der Waals surface area (Å²) in [5, 5.41) is 16.7. The molecule has 6 heteroatoms. The van der Waals surface area contributed by atoms with Gasteiger partial charge in [-0.25, -0.2) is 4.68 Å². The van der Waals surface area contributed by atoms with Gasteiger partial charge in [-0.05, 0) is 24.3 Å². The number of aliphatic hydroxyl groups excluding tert-OH is 1. The lowest BCUT2D eigenvalue weighted by molar-refractivity contribution is 0.289. The lowest BCUT2D eigenvalue weighted by atomic mass is 10.3. The number of aliphatic hydroxyl groups is 1. The molecule has 0 fully saturated rings. The summed E-state index contributed by atoms with van der Waals surface area (Å²) in [5.41, 5.74) is 0.793. The summed E-state index contributed by atoms with van der Waals surface area (Å²) >= 11 is 3.37. The first-order valence-electron chi connectivity index (χ1n) is 5.66. The monoisotopic (exact) mass is 311 g/mol. The molecule has 96 valence electrons. The Kier molecular flexibility index (Phi) is 4.72. The molecule has 0 bridgehead atoms. The van der Waals surface area contributed by atoms with E-state index in [4.69, 9.17) is 9.84 Å². The maximum atomic E-state index is 8.77. The molecule has 0 saturated heterocycles. The molecule has 0 radical (unpaired) electrons. The number of halogens is 1. The molecule has 1 aromatic carbocycles. The molecule has 1 N–H and O–H groups in total. The van der Waals surface area contributed by atoms with Crippen LogP contribution >= 0.6 is 15.9 Å². The number of hydrogen-bond acceptors (Lipinski definition) is 4. The van der Waals surface area contributed by atoms with Crippen LogP contribution in [0.5, 0.6) is 5.75 Å². The van der Waals surface area contributed by atoms with Gasteiger partial charge in [-0.15, -0.1) is 5.10 Å². The van der Waals surface area contributed by atoms with Crippen LogP contribution in [0, 0.1) is 0 Å². The van der Waals surface area contributed by atoms with E-state index in [1.807, 2.05) is 30.5 Å². The Morgan fingerprint density at radius 2 is 2.06 bits per heavy atom. The van der Waals surface area contributed by atoms with E-state index in [2.05, 4.69) is 26.2 Å². The zero-order chi connectivity index (χ0) is 12.8. The highest BCUT2D eigenvalue weighted by Crippen LogP contribution is 2.15. The predicted molar refractivity (Wildman–Crippen MR) is 70.4 cm³/mol. The summed E-state index contributed by atoms with van der Waals surface area (Å²) in [6, 6.07) is 7.68. The standard InChI is InChI=1S/C12H14BrN3O2/c13-10-1-3-12(4-2-10)18-8-6-16-9-11(5-7-17)14-15-16/h1-4,9,17H,5-8H2. The fraction of sp³-hybridized carbons (Fsp3) is 0.333. The molecule has 0 unspecified atom stereocenters. The van der Waals surface area contributed by atoms with Crippen molar-refractivity contribution in [2.75, 3.05) is 13.2 Å². The number of nitrogens with zero attached hydrogens (tertiary/aromatic N) is 3. The van der Waals surface area contributed by atoms with Gasteiger partial charge < -0.3 is 9.84 Å². The summed E-state index contributed by atoms with van der Waals surface area (Å²) in [6.07, 6.45) is 2.36. The van der Waals surface area contributed by atoms with Crippen molar-refractivity contribution in [2.45, 2.75) is 13.0 Å². The normalized spacial score (nSPS) is 10.6. The lowest BCUT2D eigenvalue weighted by Crippen LogP contribution is -2.08. The molecule has 0 aliphatic rings. The van der Waals surface area contributed by atoms with E-state index >= 15 is 0 Å². The van der Waals surface area contributed by atoms with Crippen LogP contribution in [0.4, 0.5) is 0 Å². The van der Waals surface area contributed by atoms with Crippen molar-refractivity contribution in [1.82, 2.24) is 15.0 Å². The van der Waals surface area contributed by atoms with Crippen LogP contribution in [0.15, 0.2) is 34.9 Å². The molecule has 18 heavy (non-hydrogen) atoms. The highest BCUT2D eigenvalue weighted by molar-refractivity contribution is 9.10. The van der Waals surface area contributed by atoms with Crippen LogP contribution in [0.1, 0.15) is 5.69 Å². The van der Waals surface area contributed by atoms with Crippen LogP contribution < -0.4 is 4.74 Å². The van der Waals surface area contributed by atoms with Crippen LogP contribution in [0.3, 0.4) is 0 Å². The molecular weight excluding hydrogens is 298 g/mol. The lowest BCUT2D eigenvalue weighted by Gasteiger charge is -2.05. The molecule has 0 aliphatic carbocycles. The van der Waals surface area contributed by atoms with E-state index in [0.29, 0.717) is 19.6 Å². The van der Waals surface area contributed by atoms with Gasteiger partial charge in [-0.2, -0.15) is 0 Å². The van der Waals surface area contributed by atoms with Crippen LogP contribution in [-0.4, -0.2) is 33.3 Å². The van der Waals surface area contributed by atoms with Crippen molar-refractivity contribution in [1.29, 1.82) is 0 Å². The third-order valence-electron chi connectivity index (χ3n) is 2.36. The highest BCUT2D eigenvalue weighted by atomic mass is 79.9. The Morgan fingerprint density at radius 3 is 2.78 bits per heavy atom. The van der Waals surface area contributed by atoms with Gasteiger partial charge in [-0.3, -0.25) is 0 Å². The minimum atomic E-state index is 0.0914.